The van der Waals surface area contributed by atoms with Crippen LogP contribution in [0.15, 0.2) is 0 Å². The molecule has 52 valence electrons. The Morgan fingerprint density at radius 3 is 1.89 bits per heavy atom. The van der Waals surface area contributed by atoms with Gasteiger partial charge in [0.15, 0.2) is 0 Å². The summed E-state index contributed by atoms with van der Waals surface area (Å²) in [6.45, 7) is 5.61. The Labute approximate surface area is 60.1 Å². The fourth-order valence-corrected chi connectivity index (χ4v) is 0.848. The van der Waals surface area contributed by atoms with E-state index in [0.717, 1.165) is 0 Å². The zero-order valence-electron chi connectivity index (χ0n) is 5.99. The summed E-state index contributed by atoms with van der Waals surface area (Å²) in [5, 5.41) is 15.4. The number of hydrogen-bond donors (Lipinski definition) is 2. The first-order chi connectivity index (χ1) is 4.04. The van der Waals surface area contributed by atoms with Crippen molar-refractivity contribution < 1.29 is 0 Å². The predicted octanol–water partition coefficient (Wildman–Crippen LogP) is 2.35. The number of nitrogens with one attached hydrogen (secondary N) is 2. The molecule has 0 aromatic rings. The van der Waals surface area contributed by atoms with Crippen LogP contribution in [-0.4, -0.2) is 10.1 Å². The summed E-state index contributed by atoms with van der Waals surface area (Å²) in [5.74, 6) is 0.260. The van der Waals surface area contributed by atoms with Gasteiger partial charge in [-0.3, -0.25) is 10.8 Å². The molecule has 0 radical (unpaired) electrons. The van der Waals surface area contributed by atoms with E-state index in [9.17, 15) is 0 Å². The molecule has 3 heteroatoms. The maximum absolute atomic E-state index is 7.30. The first-order valence-electron chi connectivity index (χ1n) is 2.85. The van der Waals surface area contributed by atoms with E-state index in [1.165, 1.54) is 11.8 Å². The third kappa shape index (κ3) is 4.21. The number of thioether (sulfide) groups is 1. The van der Waals surface area contributed by atoms with Crippen LogP contribution in [0.3, 0.4) is 0 Å². The van der Waals surface area contributed by atoms with Crippen LogP contribution in [-0.2, 0) is 0 Å². The van der Waals surface area contributed by atoms with E-state index >= 15 is 0 Å². The van der Waals surface area contributed by atoms with Gasteiger partial charge in [0, 0.05) is 5.92 Å². The standard InChI is InChI=1S/C6H12N2S/c1-4(2)6(8)9-5(3)7/h4,7-8H,1-3H3. The van der Waals surface area contributed by atoms with Gasteiger partial charge in [-0.1, -0.05) is 25.6 Å². The predicted molar refractivity (Wildman–Crippen MR) is 43.6 cm³/mol. The SMILES string of the molecule is CC(=N)SC(=N)C(C)C. The second-order valence-electron chi connectivity index (χ2n) is 2.18. The van der Waals surface area contributed by atoms with E-state index in [0.29, 0.717) is 10.1 Å². The van der Waals surface area contributed by atoms with Gasteiger partial charge in [-0.05, 0) is 6.92 Å². The molecule has 0 aliphatic heterocycles. The zero-order chi connectivity index (χ0) is 7.44. The number of hydrogen-bond acceptors (Lipinski definition) is 3. The highest BCUT2D eigenvalue weighted by Crippen LogP contribution is 2.10. The lowest BCUT2D eigenvalue weighted by molar-refractivity contribution is 0.895. The number of rotatable bonds is 1. The fraction of sp³-hybridized carbons (Fsp3) is 0.667. The second kappa shape index (κ2) is 3.67. The maximum Gasteiger partial charge on any atom is 0.0725 e. The molecule has 0 heterocycles. The molecular weight excluding hydrogens is 132 g/mol. The van der Waals surface area contributed by atoms with Gasteiger partial charge in [-0.2, -0.15) is 0 Å². The molecule has 0 amide bonds. The molecule has 9 heavy (non-hydrogen) atoms. The molecule has 0 saturated heterocycles. The summed E-state index contributed by atoms with van der Waals surface area (Å²) in [7, 11) is 0. The molecule has 0 fully saturated rings. The van der Waals surface area contributed by atoms with Crippen molar-refractivity contribution in [1.29, 1.82) is 10.8 Å². The molecule has 0 saturated carbocycles. The largest absolute Gasteiger partial charge is 0.298 e. The molecule has 0 aromatic heterocycles. The van der Waals surface area contributed by atoms with Crippen LogP contribution in [0.25, 0.3) is 0 Å². The molecule has 0 unspecified atom stereocenters. The molecule has 0 aliphatic rings. The van der Waals surface area contributed by atoms with Crippen LogP contribution < -0.4 is 0 Å². The van der Waals surface area contributed by atoms with Crippen LogP contribution >= 0.6 is 11.8 Å². The van der Waals surface area contributed by atoms with Crippen LogP contribution in [0, 0.1) is 16.7 Å². The van der Waals surface area contributed by atoms with Crippen molar-refractivity contribution in [2.75, 3.05) is 0 Å². The first-order valence-corrected chi connectivity index (χ1v) is 3.67. The molecule has 0 atom stereocenters. The topological polar surface area (TPSA) is 47.7 Å². The Morgan fingerprint density at radius 2 is 1.78 bits per heavy atom. The summed E-state index contributed by atoms with van der Waals surface area (Å²) in [6.07, 6.45) is 0. The zero-order valence-corrected chi connectivity index (χ0v) is 6.80. The Kier molecular flexibility index (Phi) is 3.54. The minimum atomic E-state index is 0.260. The van der Waals surface area contributed by atoms with Gasteiger partial charge in [0.05, 0.1) is 10.1 Å². The molecule has 0 spiro atoms. The van der Waals surface area contributed by atoms with Crippen LogP contribution in [0.5, 0.6) is 0 Å². The molecule has 2 N–H and O–H groups in total. The van der Waals surface area contributed by atoms with Gasteiger partial charge in [-0.15, -0.1) is 0 Å². The van der Waals surface area contributed by atoms with Crippen LogP contribution in [0.1, 0.15) is 20.8 Å². The molecule has 0 bridgehead atoms. The highest BCUT2D eigenvalue weighted by Gasteiger charge is 2.02. The second-order valence-corrected chi connectivity index (χ2v) is 3.43. The van der Waals surface area contributed by atoms with Crippen molar-refractivity contribution in [1.82, 2.24) is 0 Å². The van der Waals surface area contributed by atoms with E-state index in [2.05, 4.69) is 0 Å². The summed E-state index contributed by atoms with van der Waals surface area (Å²) in [4.78, 5) is 0. The average Bonchev–Trinajstić information content (AvgIpc) is 1.63. The fourth-order valence-electron chi connectivity index (χ4n) is 0.283. The maximum atomic E-state index is 7.30. The van der Waals surface area contributed by atoms with E-state index in [1.54, 1.807) is 6.92 Å². The summed E-state index contributed by atoms with van der Waals surface area (Å²) in [6, 6.07) is 0. The van der Waals surface area contributed by atoms with Gasteiger partial charge in [0.1, 0.15) is 0 Å². The lowest BCUT2D eigenvalue weighted by atomic mass is 10.2. The molecule has 0 rings (SSSR count). The Hall–Kier alpha value is -0.310. The Morgan fingerprint density at radius 1 is 1.33 bits per heavy atom. The Bertz CT molecular complexity index is 129. The average molecular weight is 144 g/mol. The highest BCUT2D eigenvalue weighted by atomic mass is 32.2. The minimum absolute atomic E-state index is 0.260. The van der Waals surface area contributed by atoms with Crippen molar-refractivity contribution in [2.45, 2.75) is 20.8 Å². The molecular formula is C6H12N2S. The van der Waals surface area contributed by atoms with Gasteiger partial charge in [0.25, 0.3) is 0 Å². The minimum Gasteiger partial charge on any atom is -0.298 e. The Balaban J connectivity index is 3.64. The summed E-state index contributed by atoms with van der Waals surface area (Å²) in [5.41, 5.74) is 0. The lowest BCUT2D eigenvalue weighted by Crippen LogP contribution is -2.02. The van der Waals surface area contributed by atoms with Crippen molar-refractivity contribution >= 4 is 21.8 Å². The lowest BCUT2D eigenvalue weighted by Gasteiger charge is -2.03. The van der Waals surface area contributed by atoms with Crippen molar-refractivity contribution in [3.63, 3.8) is 0 Å². The quantitative estimate of drug-likeness (QED) is 0.430. The molecule has 0 aliphatic carbocycles. The van der Waals surface area contributed by atoms with Gasteiger partial charge in [0.2, 0.25) is 0 Å². The van der Waals surface area contributed by atoms with Crippen molar-refractivity contribution in [2.24, 2.45) is 5.92 Å². The van der Waals surface area contributed by atoms with E-state index < -0.39 is 0 Å². The van der Waals surface area contributed by atoms with E-state index in [-0.39, 0.29) is 5.92 Å². The monoisotopic (exact) mass is 144 g/mol. The first kappa shape index (κ1) is 8.69. The summed E-state index contributed by atoms with van der Waals surface area (Å²) >= 11 is 1.23. The van der Waals surface area contributed by atoms with Gasteiger partial charge in [-0.25, -0.2) is 0 Å². The van der Waals surface area contributed by atoms with E-state index in [1.807, 2.05) is 13.8 Å². The summed E-state index contributed by atoms with van der Waals surface area (Å²) < 4.78 is 0. The van der Waals surface area contributed by atoms with Crippen LogP contribution in [0.2, 0.25) is 0 Å². The van der Waals surface area contributed by atoms with Crippen molar-refractivity contribution in [3.05, 3.63) is 0 Å². The van der Waals surface area contributed by atoms with Crippen molar-refractivity contribution in [3.8, 4) is 0 Å². The third-order valence-corrected chi connectivity index (χ3v) is 1.78. The van der Waals surface area contributed by atoms with Crippen LogP contribution in [0.4, 0.5) is 0 Å². The smallest absolute Gasteiger partial charge is 0.0725 e. The molecule has 0 aromatic carbocycles. The molecule has 2 nitrogen and oxygen atoms in total. The highest BCUT2D eigenvalue weighted by molar-refractivity contribution is 8.26. The van der Waals surface area contributed by atoms with E-state index in [4.69, 9.17) is 10.8 Å². The third-order valence-electron chi connectivity index (χ3n) is 0.787. The normalized spacial score (nSPS) is 9.78. The van der Waals surface area contributed by atoms with Gasteiger partial charge < -0.3 is 0 Å². The van der Waals surface area contributed by atoms with Gasteiger partial charge >= 0.3 is 0 Å².